The minimum Gasteiger partial charge on any atom is -0.0991 e. The van der Waals surface area contributed by atoms with Crippen LogP contribution < -0.4 is 0 Å². The van der Waals surface area contributed by atoms with Crippen LogP contribution in [0.25, 0.3) is 0 Å². The summed E-state index contributed by atoms with van der Waals surface area (Å²) in [4.78, 5) is 0. The zero-order valence-corrected chi connectivity index (χ0v) is 15.1. The molecule has 0 amide bonds. The third-order valence-corrected chi connectivity index (χ3v) is 3.01. The normalized spacial score (nSPS) is 12.0. The van der Waals surface area contributed by atoms with Crippen molar-refractivity contribution in [2.45, 2.75) is 41.0 Å². The van der Waals surface area contributed by atoms with Gasteiger partial charge in [0.15, 0.2) is 0 Å². The molecule has 0 spiro atoms. The highest BCUT2D eigenvalue weighted by atomic mass is 14.0. The van der Waals surface area contributed by atoms with Crippen LogP contribution in [0.2, 0.25) is 0 Å². The Morgan fingerprint density at radius 1 is 0.818 bits per heavy atom. The summed E-state index contributed by atoms with van der Waals surface area (Å²) in [6, 6.07) is 0. The molecule has 0 aliphatic heterocycles. The summed E-state index contributed by atoms with van der Waals surface area (Å²) < 4.78 is 0. The monoisotopic (exact) mass is 296 g/mol. The van der Waals surface area contributed by atoms with E-state index in [0.29, 0.717) is 0 Å². The SMILES string of the molecule is C=C/C=C\C(=C)C(=C)/C=C\C(=C)/C(C)=C/C=C(/C)CC.CC. The quantitative estimate of drug-likeness (QED) is 0.413. The summed E-state index contributed by atoms with van der Waals surface area (Å²) in [5, 5.41) is 0. The van der Waals surface area contributed by atoms with Gasteiger partial charge in [0.1, 0.15) is 0 Å². The smallest absolute Gasteiger partial charge is 0.0262 e. The lowest BCUT2D eigenvalue weighted by atomic mass is 10.0. The minimum absolute atomic E-state index is 0.873. The van der Waals surface area contributed by atoms with Crippen molar-refractivity contribution in [1.82, 2.24) is 0 Å². The standard InChI is InChI=1S/C20H26.C2H6/c1-8-10-11-17(4)19(6)14-15-20(7)18(5)13-12-16(3)9-2;1-2/h8,10-15H,1,4,6-7,9H2,2-3,5H3;1-2H3/b11-10-,15-14-,16-12-,18-13+;. The van der Waals surface area contributed by atoms with Gasteiger partial charge in [-0.05, 0) is 42.6 Å². The number of hydrogen-bond donors (Lipinski definition) is 0. The summed E-state index contributed by atoms with van der Waals surface area (Å²) >= 11 is 0. The molecule has 0 aromatic rings. The molecule has 0 aromatic carbocycles. The van der Waals surface area contributed by atoms with Crippen molar-refractivity contribution < 1.29 is 0 Å². The first-order chi connectivity index (χ1) is 10.4. The van der Waals surface area contributed by atoms with Crippen molar-refractivity contribution in [3.8, 4) is 0 Å². The highest BCUT2D eigenvalue weighted by molar-refractivity contribution is 5.47. The van der Waals surface area contributed by atoms with E-state index in [1.807, 2.05) is 38.2 Å². The molecule has 120 valence electrons. The highest BCUT2D eigenvalue weighted by Crippen LogP contribution is 2.14. The number of rotatable bonds is 8. The fourth-order valence-corrected chi connectivity index (χ4v) is 1.22. The van der Waals surface area contributed by atoms with Gasteiger partial charge >= 0.3 is 0 Å². The van der Waals surface area contributed by atoms with Gasteiger partial charge in [0.05, 0.1) is 0 Å². The maximum Gasteiger partial charge on any atom is -0.0262 e. The van der Waals surface area contributed by atoms with E-state index in [2.05, 4.69) is 59.2 Å². The summed E-state index contributed by atoms with van der Waals surface area (Å²) in [5.74, 6) is 0. The molecule has 0 bridgehead atoms. The lowest BCUT2D eigenvalue weighted by Gasteiger charge is -2.02. The maximum absolute atomic E-state index is 4.06. The Bertz CT molecular complexity index is 502. The van der Waals surface area contributed by atoms with Gasteiger partial charge in [0.2, 0.25) is 0 Å². The Labute approximate surface area is 138 Å². The van der Waals surface area contributed by atoms with Crippen LogP contribution in [0.15, 0.2) is 96.7 Å². The molecule has 0 aliphatic carbocycles. The molecule has 0 fully saturated rings. The molecule has 0 rings (SSSR count). The van der Waals surface area contributed by atoms with Crippen LogP contribution in [-0.2, 0) is 0 Å². The topological polar surface area (TPSA) is 0 Å². The van der Waals surface area contributed by atoms with Gasteiger partial charge in [-0.15, -0.1) is 0 Å². The van der Waals surface area contributed by atoms with E-state index in [0.717, 1.165) is 28.7 Å². The molecule has 0 radical (unpaired) electrons. The molecule has 0 saturated heterocycles. The lowest BCUT2D eigenvalue weighted by molar-refractivity contribution is 1.10. The lowest BCUT2D eigenvalue weighted by Crippen LogP contribution is -1.82. The molecule has 0 nitrogen and oxygen atoms in total. The van der Waals surface area contributed by atoms with E-state index in [-0.39, 0.29) is 0 Å². The molecule has 0 unspecified atom stereocenters. The predicted octanol–water partition coefficient (Wildman–Crippen LogP) is 7.28. The Morgan fingerprint density at radius 2 is 1.32 bits per heavy atom. The first-order valence-corrected chi connectivity index (χ1v) is 7.81. The maximum atomic E-state index is 4.06. The minimum atomic E-state index is 0.873. The van der Waals surface area contributed by atoms with Crippen molar-refractivity contribution in [3.05, 3.63) is 96.7 Å². The third kappa shape index (κ3) is 10.7. The second-order valence-electron chi connectivity index (χ2n) is 4.72. The number of hydrogen-bond acceptors (Lipinski definition) is 0. The van der Waals surface area contributed by atoms with Gasteiger partial charge in [-0.1, -0.05) is 95.2 Å². The van der Waals surface area contributed by atoms with Gasteiger partial charge in [0.25, 0.3) is 0 Å². The fraction of sp³-hybridized carbons (Fsp3) is 0.273. The predicted molar refractivity (Wildman–Crippen MR) is 105 cm³/mol. The first-order valence-electron chi connectivity index (χ1n) is 7.81. The molecule has 0 saturated carbocycles. The van der Waals surface area contributed by atoms with Gasteiger partial charge in [0, 0.05) is 0 Å². The van der Waals surface area contributed by atoms with E-state index >= 15 is 0 Å². The molecule has 0 aliphatic rings. The molecule has 0 N–H and O–H groups in total. The zero-order valence-electron chi connectivity index (χ0n) is 15.1. The molecular formula is C22H32. The van der Waals surface area contributed by atoms with Gasteiger partial charge < -0.3 is 0 Å². The second kappa shape index (κ2) is 13.9. The molecule has 22 heavy (non-hydrogen) atoms. The fourth-order valence-electron chi connectivity index (χ4n) is 1.22. The Balaban J connectivity index is 0. The zero-order chi connectivity index (χ0) is 17.5. The van der Waals surface area contributed by atoms with E-state index < -0.39 is 0 Å². The van der Waals surface area contributed by atoms with Crippen molar-refractivity contribution in [1.29, 1.82) is 0 Å². The van der Waals surface area contributed by atoms with Crippen molar-refractivity contribution in [3.63, 3.8) is 0 Å². The Morgan fingerprint density at radius 3 is 1.82 bits per heavy atom. The average molecular weight is 296 g/mol. The van der Waals surface area contributed by atoms with Crippen molar-refractivity contribution in [2.24, 2.45) is 0 Å². The van der Waals surface area contributed by atoms with Gasteiger partial charge in [-0.25, -0.2) is 0 Å². The summed E-state index contributed by atoms with van der Waals surface area (Å²) in [6.07, 6.45) is 14.7. The number of allylic oxidation sites excluding steroid dienone is 12. The van der Waals surface area contributed by atoms with Crippen molar-refractivity contribution >= 4 is 0 Å². The van der Waals surface area contributed by atoms with Gasteiger partial charge in [-0.3, -0.25) is 0 Å². The highest BCUT2D eigenvalue weighted by Gasteiger charge is 1.94. The molecule has 0 heterocycles. The van der Waals surface area contributed by atoms with Gasteiger partial charge in [-0.2, -0.15) is 0 Å². The van der Waals surface area contributed by atoms with E-state index in [4.69, 9.17) is 0 Å². The molecular weight excluding hydrogens is 264 g/mol. The summed E-state index contributed by atoms with van der Waals surface area (Å²) in [5.41, 5.74) is 5.23. The third-order valence-electron chi connectivity index (χ3n) is 3.01. The van der Waals surface area contributed by atoms with Crippen LogP contribution >= 0.6 is 0 Å². The van der Waals surface area contributed by atoms with E-state index in [1.165, 1.54) is 5.57 Å². The van der Waals surface area contributed by atoms with E-state index in [1.54, 1.807) is 6.08 Å². The molecule has 0 heteroatoms. The summed E-state index contributed by atoms with van der Waals surface area (Å²) in [7, 11) is 0. The summed E-state index contributed by atoms with van der Waals surface area (Å²) in [6.45, 7) is 26.0. The van der Waals surface area contributed by atoms with Crippen LogP contribution in [0.5, 0.6) is 0 Å². The molecule has 0 aromatic heterocycles. The van der Waals surface area contributed by atoms with Crippen LogP contribution in [0.1, 0.15) is 41.0 Å². The van der Waals surface area contributed by atoms with Crippen LogP contribution in [-0.4, -0.2) is 0 Å². The van der Waals surface area contributed by atoms with Crippen LogP contribution in [0.3, 0.4) is 0 Å². The Kier molecular flexibility index (Phi) is 14.0. The first kappa shape index (κ1) is 22.2. The van der Waals surface area contributed by atoms with Crippen LogP contribution in [0.4, 0.5) is 0 Å². The molecule has 0 atom stereocenters. The van der Waals surface area contributed by atoms with Crippen molar-refractivity contribution in [2.75, 3.05) is 0 Å². The van der Waals surface area contributed by atoms with Crippen LogP contribution in [0, 0.1) is 0 Å². The average Bonchev–Trinajstić information content (AvgIpc) is 2.55. The Hall–Kier alpha value is -2.08. The second-order valence-corrected chi connectivity index (χ2v) is 4.72. The van der Waals surface area contributed by atoms with E-state index in [9.17, 15) is 0 Å². The largest absolute Gasteiger partial charge is 0.0991 e.